The fraction of sp³-hybridized carbons (Fsp3) is 0.412. The first-order chi connectivity index (χ1) is 11.4. The first-order valence-electron chi connectivity index (χ1n) is 7.99. The fourth-order valence-corrected chi connectivity index (χ4v) is 2.88. The van der Waals surface area contributed by atoms with Gasteiger partial charge in [0.25, 0.3) is 0 Å². The van der Waals surface area contributed by atoms with Crippen LogP contribution in [0.2, 0.25) is 0 Å². The third kappa shape index (κ3) is 2.89. The Morgan fingerprint density at radius 3 is 2.67 bits per heavy atom. The smallest absolute Gasteiger partial charge is 0.227 e. The van der Waals surface area contributed by atoms with Gasteiger partial charge in [-0.05, 0) is 51.8 Å². The molecule has 0 bridgehead atoms. The Kier molecular flexibility index (Phi) is 4.09. The van der Waals surface area contributed by atoms with E-state index in [-0.39, 0.29) is 5.91 Å². The van der Waals surface area contributed by atoms with Crippen LogP contribution in [0.1, 0.15) is 34.6 Å². The maximum atomic E-state index is 12.3. The number of aromatic amines is 1. The number of carbonyl (C=O) groups is 1. The van der Waals surface area contributed by atoms with E-state index in [1.165, 1.54) is 5.56 Å². The summed E-state index contributed by atoms with van der Waals surface area (Å²) in [6.07, 6.45) is 0.341. The first kappa shape index (κ1) is 16.2. The standard InChI is InChI=1S/C17H22N6O/c1-9-8-10(2)18-16-15(9)17(21-20-16)19-14(24)6-7-23-13(5)11(3)12(4)22-23/h8H,6-7H2,1-5H3,(H2,18,19,20,21,24). The zero-order valence-electron chi connectivity index (χ0n) is 14.7. The number of hydrogen-bond donors (Lipinski definition) is 2. The van der Waals surface area contributed by atoms with Gasteiger partial charge in [-0.3, -0.25) is 14.6 Å². The van der Waals surface area contributed by atoms with Gasteiger partial charge in [0, 0.05) is 24.4 Å². The molecule has 1 amide bonds. The highest BCUT2D eigenvalue weighted by Gasteiger charge is 2.14. The van der Waals surface area contributed by atoms with Crippen molar-refractivity contribution >= 4 is 22.8 Å². The van der Waals surface area contributed by atoms with Gasteiger partial charge < -0.3 is 5.32 Å². The molecule has 0 aliphatic carbocycles. The molecule has 0 saturated carbocycles. The number of nitrogens with zero attached hydrogens (tertiary/aromatic N) is 4. The molecule has 0 unspecified atom stereocenters. The molecule has 126 valence electrons. The lowest BCUT2D eigenvalue weighted by Gasteiger charge is -2.06. The number of anilines is 1. The summed E-state index contributed by atoms with van der Waals surface area (Å²) in [4.78, 5) is 16.7. The van der Waals surface area contributed by atoms with Gasteiger partial charge in [0.2, 0.25) is 5.91 Å². The Bertz CT molecular complexity index is 921. The predicted octanol–water partition coefficient (Wildman–Crippen LogP) is 2.73. The van der Waals surface area contributed by atoms with Crippen molar-refractivity contribution in [3.05, 3.63) is 34.3 Å². The van der Waals surface area contributed by atoms with Crippen LogP contribution in [0.25, 0.3) is 11.0 Å². The summed E-state index contributed by atoms with van der Waals surface area (Å²) in [7, 11) is 0. The van der Waals surface area contributed by atoms with E-state index in [0.29, 0.717) is 24.4 Å². The number of carbonyl (C=O) groups excluding carboxylic acids is 1. The van der Waals surface area contributed by atoms with Crippen molar-refractivity contribution in [1.82, 2.24) is 25.0 Å². The van der Waals surface area contributed by atoms with Crippen LogP contribution in [0.5, 0.6) is 0 Å². The number of H-pyrrole nitrogens is 1. The lowest BCUT2D eigenvalue weighted by molar-refractivity contribution is -0.116. The number of amides is 1. The van der Waals surface area contributed by atoms with Crippen molar-refractivity contribution in [1.29, 1.82) is 0 Å². The minimum absolute atomic E-state index is 0.0893. The van der Waals surface area contributed by atoms with E-state index >= 15 is 0 Å². The van der Waals surface area contributed by atoms with Gasteiger partial charge in [-0.25, -0.2) is 4.98 Å². The summed E-state index contributed by atoms with van der Waals surface area (Å²) >= 11 is 0. The van der Waals surface area contributed by atoms with Crippen LogP contribution in [0.4, 0.5) is 5.82 Å². The fourth-order valence-electron chi connectivity index (χ4n) is 2.88. The van der Waals surface area contributed by atoms with Crippen molar-refractivity contribution in [3.63, 3.8) is 0 Å². The SMILES string of the molecule is Cc1cc(C)c2c(NC(=O)CCn3nc(C)c(C)c3C)n[nH]c2n1. The molecule has 0 atom stereocenters. The maximum absolute atomic E-state index is 12.3. The molecular weight excluding hydrogens is 304 g/mol. The number of nitrogens with one attached hydrogen (secondary N) is 2. The molecule has 24 heavy (non-hydrogen) atoms. The molecule has 0 aliphatic heterocycles. The second-order valence-electron chi connectivity index (χ2n) is 6.19. The number of aryl methyl sites for hydroxylation is 4. The van der Waals surface area contributed by atoms with Crippen molar-refractivity contribution in [2.45, 2.75) is 47.6 Å². The molecule has 0 saturated heterocycles. The summed E-state index contributed by atoms with van der Waals surface area (Å²) in [6.45, 7) is 10.5. The third-order valence-corrected chi connectivity index (χ3v) is 4.41. The normalized spacial score (nSPS) is 11.2. The molecule has 2 N–H and O–H groups in total. The van der Waals surface area contributed by atoms with E-state index in [0.717, 1.165) is 28.0 Å². The number of hydrogen-bond acceptors (Lipinski definition) is 4. The van der Waals surface area contributed by atoms with Gasteiger partial charge in [0.05, 0.1) is 11.1 Å². The lowest BCUT2D eigenvalue weighted by Crippen LogP contribution is -2.16. The Balaban J connectivity index is 1.72. The van der Waals surface area contributed by atoms with Gasteiger partial charge >= 0.3 is 0 Å². The maximum Gasteiger partial charge on any atom is 0.227 e. The van der Waals surface area contributed by atoms with Crippen LogP contribution in [-0.2, 0) is 11.3 Å². The summed E-state index contributed by atoms with van der Waals surface area (Å²) in [6, 6.07) is 1.98. The zero-order chi connectivity index (χ0) is 17.4. The van der Waals surface area contributed by atoms with Crippen molar-refractivity contribution in [3.8, 4) is 0 Å². The number of fused-ring (bicyclic) bond motifs is 1. The summed E-state index contributed by atoms with van der Waals surface area (Å²) in [5, 5.41) is 15.3. The van der Waals surface area contributed by atoms with E-state index in [9.17, 15) is 4.79 Å². The largest absolute Gasteiger partial charge is 0.309 e. The molecule has 3 aromatic heterocycles. The Hall–Kier alpha value is -2.70. The van der Waals surface area contributed by atoms with Crippen molar-refractivity contribution < 1.29 is 4.79 Å². The van der Waals surface area contributed by atoms with Crippen molar-refractivity contribution in [2.24, 2.45) is 0 Å². The average molecular weight is 326 g/mol. The molecule has 7 nitrogen and oxygen atoms in total. The molecule has 3 aromatic rings. The highest BCUT2D eigenvalue weighted by Crippen LogP contribution is 2.23. The monoisotopic (exact) mass is 326 g/mol. The molecule has 3 rings (SSSR count). The number of aromatic nitrogens is 5. The molecule has 0 aromatic carbocycles. The van der Waals surface area contributed by atoms with Crippen molar-refractivity contribution in [2.75, 3.05) is 5.32 Å². The average Bonchev–Trinajstić information content (AvgIpc) is 3.02. The molecule has 0 radical (unpaired) electrons. The Labute approximate surface area is 140 Å². The second-order valence-corrected chi connectivity index (χ2v) is 6.19. The number of pyridine rings is 1. The van der Waals surface area contributed by atoms with Crippen LogP contribution in [0.3, 0.4) is 0 Å². The van der Waals surface area contributed by atoms with E-state index in [4.69, 9.17) is 0 Å². The topological polar surface area (TPSA) is 88.5 Å². The van der Waals surface area contributed by atoms with Gasteiger partial charge in [-0.2, -0.15) is 10.2 Å². The minimum Gasteiger partial charge on any atom is -0.309 e. The van der Waals surface area contributed by atoms with Gasteiger partial charge in [0.15, 0.2) is 11.5 Å². The van der Waals surface area contributed by atoms with E-state index in [1.807, 2.05) is 45.4 Å². The predicted molar refractivity (Wildman–Crippen MR) is 93.0 cm³/mol. The summed E-state index contributed by atoms with van der Waals surface area (Å²) in [5.74, 6) is 0.443. The van der Waals surface area contributed by atoms with Gasteiger partial charge in [-0.1, -0.05) is 0 Å². The highest BCUT2D eigenvalue weighted by molar-refractivity contribution is 5.99. The molecule has 0 spiro atoms. The van der Waals surface area contributed by atoms with E-state index in [1.54, 1.807) is 0 Å². The zero-order valence-corrected chi connectivity index (χ0v) is 14.7. The summed E-state index contributed by atoms with van der Waals surface area (Å²) < 4.78 is 1.88. The highest BCUT2D eigenvalue weighted by atomic mass is 16.1. The third-order valence-electron chi connectivity index (χ3n) is 4.41. The van der Waals surface area contributed by atoms with Gasteiger partial charge in [-0.15, -0.1) is 0 Å². The molecule has 0 aliphatic rings. The van der Waals surface area contributed by atoms with Gasteiger partial charge in [0.1, 0.15) is 0 Å². The molecular formula is C17H22N6O. The van der Waals surface area contributed by atoms with Crippen LogP contribution >= 0.6 is 0 Å². The minimum atomic E-state index is -0.0893. The lowest BCUT2D eigenvalue weighted by atomic mass is 10.2. The summed E-state index contributed by atoms with van der Waals surface area (Å²) in [5.41, 5.74) is 5.92. The van der Waals surface area contributed by atoms with Crippen LogP contribution in [0, 0.1) is 34.6 Å². The van der Waals surface area contributed by atoms with Crippen LogP contribution in [0.15, 0.2) is 6.07 Å². The van der Waals surface area contributed by atoms with Crippen LogP contribution < -0.4 is 5.32 Å². The second kappa shape index (κ2) is 6.07. The molecule has 3 heterocycles. The Morgan fingerprint density at radius 1 is 1.25 bits per heavy atom. The number of rotatable bonds is 4. The first-order valence-corrected chi connectivity index (χ1v) is 7.99. The quantitative estimate of drug-likeness (QED) is 0.771. The van der Waals surface area contributed by atoms with E-state index in [2.05, 4.69) is 25.6 Å². The van der Waals surface area contributed by atoms with Crippen LogP contribution in [-0.4, -0.2) is 30.9 Å². The molecule has 7 heteroatoms. The van der Waals surface area contributed by atoms with E-state index < -0.39 is 0 Å². The molecule has 0 fully saturated rings. The Morgan fingerprint density at radius 2 is 2.00 bits per heavy atom.